The van der Waals surface area contributed by atoms with Gasteiger partial charge in [-0.3, -0.25) is 0 Å². The summed E-state index contributed by atoms with van der Waals surface area (Å²) < 4.78 is 17.9. The summed E-state index contributed by atoms with van der Waals surface area (Å²) in [5.74, 6) is -0.252. The van der Waals surface area contributed by atoms with Crippen LogP contribution in [0.3, 0.4) is 0 Å². The first kappa shape index (κ1) is 6.81. The van der Waals surface area contributed by atoms with Gasteiger partial charge >= 0.3 is 0 Å². The second kappa shape index (κ2) is 2.31. The normalized spacial score (nSPS) is 10.7. The molecule has 0 aliphatic carbocycles. The van der Waals surface area contributed by atoms with Crippen LogP contribution >= 0.6 is 9.24 Å². The highest BCUT2D eigenvalue weighted by Gasteiger charge is 2.04. The molecule has 56 valence electrons. The maximum Gasteiger partial charge on any atom is 0.143 e. The van der Waals surface area contributed by atoms with Gasteiger partial charge in [0.2, 0.25) is 0 Å². The van der Waals surface area contributed by atoms with E-state index in [-0.39, 0.29) is 5.82 Å². The molecule has 0 bridgehead atoms. The maximum atomic E-state index is 12.8. The maximum absolute atomic E-state index is 12.8. The van der Waals surface area contributed by atoms with Crippen molar-refractivity contribution in [2.24, 2.45) is 0 Å². The van der Waals surface area contributed by atoms with Crippen LogP contribution in [-0.4, -0.2) is 0 Å². The van der Waals surface area contributed by atoms with E-state index >= 15 is 0 Å². The van der Waals surface area contributed by atoms with Crippen molar-refractivity contribution in [3.63, 3.8) is 0 Å². The lowest BCUT2D eigenvalue weighted by Crippen LogP contribution is -1.97. The van der Waals surface area contributed by atoms with Crippen LogP contribution in [0.25, 0.3) is 11.0 Å². The predicted octanol–water partition coefficient (Wildman–Crippen LogP) is 2.07. The van der Waals surface area contributed by atoms with Gasteiger partial charge in [-0.2, -0.15) is 0 Å². The number of hydrogen-bond acceptors (Lipinski definition) is 1. The Kier molecular flexibility index (Phi) is 1.43. The topological polar surface area (TPSA) is 13.1 Å². The number of rotatable bonds is 0. The van der Waals surface area contributed by atoms with Crippen molar-refractivity contribution >= 4 is 25.5 Å². The minimum absolute atomic E-state index is 0.252. The Bertz CT molecular complexity index is 394. The lowest BCUT2D eigenvalue weighted by atomic mass is 10.2. The summed E-state index contributed by atoms with van der Waals surface area (Å²) >= 11 is 0. The van der Waals surface area contributed by atoms with E-state index in [2.05, 4.69) is 9.24 Å². The second-order valence-electron chi connectivity index (χ2n) is 2.30. The van der Waals surface area contributed by atoms with E-state index in [1.54, 1.807) is 12.3 Å². The van der Waals surface area contributed by atoms with Crippen molar-refractivity contribution < 1.29 is 8.81 Å². The van der Waals surface area contributed by atoms with Crippen molar-refractivity contribution in [2.45, 2.75) is 0 Å². The highest BCUT2D eigenvalue weighted by atomic mass is 31.0. The zero-order valence-corrected chi connectivity index (χ0v) is 6.83. The first-order valence-corrected chi connectivity index (χ1v) is 3.78. The molecule has 1 aromatic carbocycles. The summed E-state index contributed by atoms with van der Waals surface area (Å²) in [6, 6.07) is 4.93. The van der Waals surface area contributed by atoms with Crippen LogP contribution in [0.1, 0.15) is 0 Å². The van der Waals surface area contributed by atoms with Gasteiger partial charge in [0.05, 0.1) is 6.26 Å². The molecular weight excluding hydrogens is 162 g/mol. The van der Waals surface area contributed by atoms with Crippen LogP contribution in [0.2, 0.25) is 0 Å². The van der Waals surface area contributed by atoms with Crippen molar-refractivity contribution in [3.05, 3.63) is 30.3 Å². The van der Waals surface area contributed by atoms with E-state index in [1.807, 2.05) is 6.07 Å². The van der Waals surface area contributed by atoms with Gasteiger partial charge in [0.1, 0.15) is 11.4 Å². The van der Waals surface area contributed by atoms with Crippen LogP contribution in [0.5, 0.6) is 0 Å². The molecule has 3 heteroatoms. The van der Waals surface area contributed by atoms with Gasteiger partial charge < -0.3 is 4.42 Å². The van der Waals surface area contributed by atoms with Crippen LogP contribution in [0.15, 0.2) is 28.9 Å². The SMILES string of the molecule is Fc1ccc2ccoc2c1P. The third kappa shape index (κ3) is 0.945. The second-order valence-corrected chi connectivity index (χ2v) is 2.88. The molecule has 1 aromatic heterocycles. The fourth-order valence-electron chi connectivity index (χ4n) is 1.03. The van der Waals surface area contributed by atoms with Crippen molar-refractivity contribution in [1.82, 2.24) is 0 Å². The van der Waals surface area contributed by atoms with E-state index in [0.717, 1.165) is 5.39 Å². The van der Waals surface area contributed by atoms with Gasteiger partial charge in [-0.15, -0.1) is 0 Å². The zero-order valence-electron chi connectivity index (χ0n) is 5.67. The average molecular weight is 168 g/mol. The lowest BCUT2D eigenvalue weighted by molar-refractivity contribution is 0.606. The van der Waals surface area contributed by atoms with Crippen LogP contribution in [0.4, 0.5) is 4.39 Å². The molecule has 11 heavy (non-hydrogen) atoms. The summed E-state index contributed by atoms with van der Waals surface area (Å²) in [7, 11) is 2.32. The van der Waals surface area contributed by atoms with Gasteiger partial charge in [-0.05, 0) is 18.2 Å². The number of halogens is 1. The number of benzene rings is 1. The van der Waals surface area contributed by atoms with E-state index < -0.39 is 0 Å². The van der Waals surface area contributed by atoms with E-state index in [0.29, 0.717) is 10.9 Å². The average Bonchev–Trinajstić information content (AvgIpc) is 2.45. The minimum atomic E-state index is -0.252. The molecule has 0 amide bonds. The van der Waals surface area contributed by atoms with Crippen molar-refractivity contribution in [1.29, 1.82) is 0 Å². The zero-order chi connectivity index (χ0) is 7.84. The van der Waals surface area contributed by atoms with E-state index in [1.165, 1.54) is 6.07 Å². The summed E-state index contributed by atoms with van der Waals surface area (Å²) in [6.07, 6.45) is 1.55. The summed E-state index contributed by atoms with van der Waals surface area (Å²) in [6.45, 7) is 0. The Hall–Kier alpha value is -0.880. The third-order valence-electron chi connectivity index (χ3n) is 1.61. The van der Waals surface area contributed by atoms with Crippen molar-refractivity contribution in [3.8, 4) is 0 Å². The molecule has 0 spiro atoms. The molecule has 0 fully saturated rings. The molecule has 2 aromatic rings. The van der Waals surface area contributed by atoms with Gasteiger partial charge in [0.15, 0.2) is 0 Å². The van der Waals surface area contributed by atoms with Gasteiger partial charge in [0.25, 0.3) is 0 Å². The molecule has 0 aliphatic heterocycles. The minimum Gasteiger partial charge on any atom is -0.464 e. The molecular formula is C8H6FOP. The quantitative estimate of drug-likeness (QED) is 0.549. The Morgan fingerprint density at radius 2 is 2.09 bits per heavy atom. The number of hydrogen-bond donors (Lipinski definition) is 0. The highest BCUT2D eigenvalue weighted by molar-refractivity contribution is 7.28. The summed E-state index contributed by atoms with van der Waals surface area (Å²) in [5.41, 5.74) is 0.606. The molecule has 2 rings (SSSR count). The Balaban J connectivity index is 2.93. The first-order valence-electron chi connectivity index (χ1n) is 3.20. The van der Waals surface area contributed by atoms with Gasteiger partial charge in [-0.25, -0.2) is 4.39 Å². The molecule has 0 N–H and O–H groups in total. The molecule has 1 heterocycles. The predicted molar refractivity (Wildman–Crippen MR) is 45.5 cm³/mol. The summed E-state index contributed by atoms with van der Waals surface area (Å²) in [4.78, 5) is 0. The third-order valence-corrected chi connectivity index (χ3v) is 2.14. The lowest BCUT2D eigenvalue weighted by Gasteiger charge is -1.94. The highest BCUT2D eigenvalue weighted by Crippen LogP contribution is 2.16. The monoisotopic (exact) mass is 168 g/mol. The molecule has 0 saturated carbocycles. The smallest absolute Gasteiger partial charge is 0.143 e. The molecule has 0 radical (unpaired) electrons. The largest absolute Gasteiger partial charge is 0.464 e. The Labute approximate surface area is 65.4 Å². The molecule has 1 nitrogen and oxygen atoms in total. The van der Waals surface area contributed by atoms with Crippen molar-refractivity contribution in [2.75, 3.05) is 0 Å². The Morgan fingerprint density at radius 1 is 1.27 bits per heavy atom. The first-order chi connectivity index (χ1) is 5.29. The number of fused-ring (bicyclic) bond motifs is 1. The fraction of sp³-hybridized carbons (Fsp3) is 0. The van der Waals surface area contributed by atoms with Crippen LogP contribution in [0, 0.1) is 5.82 Å². The van der Waals surface area contributed by atoms with E-state index in [9.17, 15) is 4.39 Å². The molecule has 1 unspecified atom stereocenters. The van der Waals surface area contributed by atoms with Crippen LogP contribution < -0.4 is 5.30 Å². The van der Waals surface area contributed by atoms with Gasteiger partial charge in [-0.1, -0.05) is 9.24 Å². The molecule has 0 saturated heterocycles. The fourth-order valence-corrected chi connectivity index (χ4v) is 1.36. The van der Waals surface area contributed by atoms with E-state index in [4.69, 9.17) is 4.42 Å². The van der Waals surface area contributed by atoms with Gasteiger partial charge in [0, 0.05) is 10.7 Å². The number of furan rings is 1. The molecule has 0 aliphatic rings. The standard InChI is InChI=1S/C8H6FOP/c9-6-2-1-5-3-4-10-7(5)8(6)11/h1-4H,11H2. The summed E-state index contributed by atoms with van der Waals surface area (Å²) in [5, 5.41) is 1.42. The van der Waals surface area contributed by atoms with Crippen LogP contribution in [-0.2, 0) is 0 Å². The Morgan fingerprint density at radius 3 is 2.91 bits per heavy atom. The molecule has 1 atom stereocenters.